The first-order valence-corrected chi connectivity index (χ1v) is 12.4. The minimum atomic E-state index is -0.288. The van der Waals surface area contributed by atoms with E-state index in [1.807, 2.05) is 54.0 Å². The zero-order chi connectivity index (χ0) is 24.3. The van der Waals surface area contributed by atoms with E-state index in [9.17, 15) is 9.59 Å². The average molecular weight is 515 g/mol. The van der Waals surface area contributed by atoms with E-state index in [4.69, 9.17) is 28.2 Å². The Morgan fingerprint density at radius 2 is 1.57 bits per heavy atom. The largest absolute Gasteiger partial charge is 0.291 e. The lowest BCUT2D eigenvalue weighted by Gasteiger charge is -2.12. The summed E-state index contributed by atoms with van der Waals surface area (Å²) >= 11 is 14.7. The third-order valence-corrected chi connectivity index (χ3v) is 7.66. The van der Waals surface area contributed by atoms with Crippen molar-refractivity contribution >= 4 is 62.5 Å². The molecule has 7 heteroatoms. The van der Waals surface area contributed by atoms with Gasteiger partial charge in [-0.3, -0.25) is 14.2 Å². The van der Waals surface area contributed by atoms with Crippen LogP contribution in [-0.4, -0.2) is 21.1 Å². The number of carbonyl (C=O) groups excluding carboxylic acids is 2. The standard InChI is InChI=1S/C28H16Cl2N2O2S/c1-15-10-11-18-19(12-15)26(34)20(25(18)33)13-17-14-23-27(31-28(35-23)16-6-3-2-4-7-16)32(17)24-21(29)8-5-9-22(24)30/h2-14H,1H3/b20-13-. The predicted octanol–water partition coefficient (Wildman–Crippen LogP) is 7.83. The predicted molar refractivity (Wildman–Crippen MR) is 142 cm³/mol. The SMILES string of the molecule is Cc1ccc2c(c1)C(=O)/C(=C\c1cc3sc(-c4ccccc4)nc3n1-c1c(Cl)cccc1Cl)C2=O. The zero-order valence-electron chi connectivity index (χ0n) is 18.4. The number of hydrogen-bond acceptors (Lipinski definition) is 4. The molecule has 35 heavy (non-hydrogen) atoms. The van der Waals surface area contributed by atoms with Crippen LogP contribution in [0.25, 0.3) is 32.7 Å². The highest BCUT2D eigenvalue weighted by molar-refractivity contribution is 7.21. The summed E-state index contributed by atoms with van der Waals surface area (Å²) in [6.07, 6.45) is 1.62. The second-order valence-corrected chi connectivity index (χ2v) is 10.2. The first kappa shape index (κ1) is 22.0. The molecule has 5 aromatic rings. The molecule has 1 aliphatic carbocycles. The number of Topliss-reactive ketones (excluding diaryl/α,β-unsaturated/α-hetero) is 2. The van der Waals surface area contributed by atoms with Crippen LogP contribution in [-0.2, 0) is 0 Å². The summed E-state index contributed by atoms with van der Waals surface area (Å²) < 4.78 is 2.71. The second kappa shape index (κ2) is 8.31. The van der Waals surface area contributed by atoms with Crippen molar-refractivity contribution in [1.29, 1.82) is 0 Å². The van der Waals surface area contributed by atoms with Gasteiger partial charge in [0.15, 0.2) is 17.2 Å². The summed E-state index contributed by atoms with van der Waals surface area (Å²) in [5.74, 6) is -0.572. The van der Waals surface area contributed by atoms with Gasteiger partial charge in [0.25, 0.3) is 0 Å². The number of thiazole rings is 1. The molecule has 0 fully saturated rings. The number of rotatable bonds is 3. The molecule has 2 heterocycles. The minimum absolute atomic E-state index is 0.114. The molecule has 0 aliphatic heterocycles. The summed E-state index contributed by atoms with van der Waals surface area (Å²) in [6, 6.07) is 22.4. The quantitative estimate of drug-likeness (QED) is 0.182. The van der Waals surface area contributed by atoms with Crippen molar-refractivity contribution in [2.45, 2.75) is 6.92 Å². The van der Waals surface area contributed by atoms with E-state index in [2.05, 4.69) is 0 Å². The van der Waals surface area contributed by atoms with Crippen LogP contribution >= 0.6 is 34.5 Å². The van der Waals surface area contributed by atoms with E-state index in [1.165, 1.54) is 11.3 Å². The van der Waals surface area contributed by atoms with Gasteiger partial charge >= 0.3 is 0 Å². The maximum atomic E-state index is 13.2. The van der Waals surface area contributed by atoms with Gasteiger partial charge in [-0.2, -0.15) is 0 Å². The molecule has 0 radical (unpaired) electrons. The van der Waals surface area contributed by atoms with Gasteiger partial charge < -0.3 is 0 Å². The van der Waals surface area contributed by atoms with Crippen LogP contribution < -0.4 is 0 Å². The lowest BCUT2D eigenvalue weighted by molar-refractivity contribution is 0.0990. The lowest BCUT2D eigenvalue weighted by atomic mass is 10.1. The molecule has 0 saturated heterocycles. The van der Waals surface area contributed by atoms with Crippen LogP contribution in [0, 0.1) is 6.92 Å². The summed E-state index contributed by atoms with van der Waals surface area (Å²) in [6.45, 7) is 1.90. The van der Waals surface area contributed by atoms with Crippen LogP contribution in [0.1, 0.15) is 32.0 Å². The number of halogens is 2. The average Bonchev–Trinajstić information content (AvgIpc) is 3.47. The van der Waals surface area contributed by atoms with E-state index in [0.29, 0.717) is 38.2 Å². The third kappa shape index (κ3) is 3.55. The maximum absolute atomic E-state index is 13.2. The molecule has 0 N–H and O–H groups in total. The van der Waals surface area contributed by atoms with Gasteiger partial charge in [-0.1, -0.05) is 77.3 Å². The molecule has 0 unspecified atom stereocenters. The van der Waals surface area contributed by atoms with Crippen molar-refractivity contribution in [2.24, 2.45) is 0 Å². The zero-order valence-corrected chi connectivity index (χ0v) is 20.7. The molecule has 170 valence electrons. The fourth-order valence-electron chi connectivity index (χ4n) is 4.36. The van der Waals surface area contributed by atoms with E-state index in [-0.39, 0.29) is 17.1 Å². The van der Waals surface area contributed by atoms with Gasteiger partial charge in [0, 0.05) is 16.7 Å². The molecular weight excluding hydrogens is 499 g/mol. The van der Waals surface area contributed by atoms with E-state index < -0.39 is 0 Å². The highest BCUT2D eigenvalue weighted by Crippen LogP contribution is 2.39. The van der Waals surface area contributed by atoms with Crippen LogP contribution in [0.5, 0.6) is 0 Å². The Hall–Kier alpha value is -3.51. The number of para-hydroxylation sites is 1. The highest BCUT2D eigenvalue weighted by atomic mass is 35.5. The fourth-order valence-corrected chi connectivity index (χ4v) is 5.93. The summed E-state index contributed by atoms with van der Waals surface area (Å²) in [7, 11) is 0. The van der Waals surface area contributed by atoms with Gasteiger partial charge in [-0.25, -0.2) is 4.98 Å². The Kier molecular flexibility index (Phi) is 5.22. The highest BCUT2D eigenvalue weighted by Gasteiger charge is 2.33. The number of ketones is 2. The molecule has 1 aliphatic rings. The molecule has 3 aromatic carbocycles. The van der Waals surface area contributed by atoms with Gasteiger partial charge in [-0.05, 0) is 37.3 Å². The molecule has 2 aromatic heterocycles. The van der Waals surface area contributed by atoms with E-state index in [1.54, 1.807) is 36.4 Å². The first-order chi connectivity index (χ1) is 16.9. The minimum Gasteiger partial charge on any atom is -0.291 e. The van der Waals surface area contributed by atoms with Crippen LogP contribution in [0.15, 0.2) is 78.4 Å². The van der Waals surface area contributed by atoms with Crippen molar-refractivity contribution in [3.63, 3.8) is 0 Å². The lowest BCUT2D eigenvalue weighted by Crippen LogP contribution is -2.04. The number of allylic oxidation sites excluding steroid dienone is 1. The normalized spacial score (nSPS) is 14.3. The molecule has 6 rings (SSSR count). The summed E-state index contributed by atoms with van der Waals surface area (Å²) in [4.78, 5) is 31.2. The Morgan fingerprint density at radius 3 is 2.31 bits per heavy atom. The fraction of sp³-hybridized carbons (Fsp3) is 0.0357. The van der Waals surface area contributed by atoms with Gasteiger partial charge in [-0.15, -0.1) is 11.3 Å². The van der Waals surface area contributed by atoms with Crippen LogP contribution in [0.2, 0.25) is 10.0 Å². The van der Waals surface area contributed by atoms with E-state index >= 15 is 0 Å². The van der Waals surface area contributed by atoms with Crippen molar-refractivity contribution in [1.82, 2.24) is 9.55 Å². The molecular formula is C28H16Cl2N2O2S. The van der Waals surface area contributed by atoms with Gasteiger partial charge in [0.05, 0.1) is 31.7 Å². The second-order valence-electron chi connectivity index (χ2n) is 8.31. The number of benzene rings is 3. The molecule has 0 saturated carbocycles. The number of hydrogen-bond donors (Lipinski definition) is 0. The first-order valence-electron chi connectivity index (χ1n) is 10.9. The van der Waals surface area contributed by atoms with Crippen molar-refractivity contribution in [3.05, 3.63) is 111 Å². The Balaban J connectivity index is 1.59. The Labute approximate surface area is 215 Å². The number of nitrogens with zero attached hydrogens (tertiary/aromatic N) is 2. The third-order valence-electron chi connectivity index (χ3n) is 6.01. The van der Waals surface area contributed by atoms with E-state index in [0.717, 1.165) is 20.8 Å². The van der Waals surface area contributed by atoms with Crippen molar-refractivity contribution in [3.8, 4) is 16.3 Å². The topological polar surface area (TPSA) is 52.0 Å². The summed E-state index contributed by atoms with van der Waals surface area (Å²) in [5.41, 5.74) is 4.70. The van der Waals surface area contributed by atoms with Gasteiger partial charge in [0.2, 0.25) is 0 Å². The molecule has 4 nitrogen and oxygen atoms in total. The van der Waals surface area contributed by atoms with Crippen LogP contribution in [0.3, 0.4) is 0 Å². The molecule has 0 spiro atoms. The Morgan fingerprint density at radius 1 is 0.857 bits per heavy atom. The molecule has 0 amide bonds. The molecule has 0 atom stereocenters. The number of aromatic nitrogens is 2. The maximum Gasteiger partial charge on any atom is 0.197 e. The van der Waals surface area contributed by atoms with Crippen LogP contribution in [0.4, 0.5) is 0 Å². The summed E-state index contributed by atoms with van der Waals surface area (Å²) in [5, 5.41) is 1.72. The smallest absolute Gasteiger partial charge is 0.197 e. The van der Waals surface area contributed by atoms with Crippen molar-refractivity contribution in [2.75, 3.05) is 0 Å². The Bertz CT molecular complexity index is 1690. The number of carbonyl (C=O) groups is 2. The monoisotopic (exact) mass is 514 g/mol. The molecule has 0 bridgehead atoms. The number of fused-ring (bicyclic) bond motifs is 2. The number of aryl methyl sites for hydroxylation is 1. The van der Waals surface area contributed by atoms with Gasteiger partial charge in [0.1, 0.15) is 5.01 Å². The van der Waals surface area contributed by atoms with Crippen molar-refractivity contribution < 1.29 is 9.59 Å².